The van der Waals surface area contributed by atoms with Gasteiger partial charge in [-0.1, -0.05) is 74.9 Å². The minimum atomic E-state index is -0.782. The Labute approximate surface area is 191 Å². The van der Waals surface area contributed by atoms with Crippen molar-refractivity contribution in [2.45, 2.75) is 52.6 Å². The second-order valence-corrected chi connectivity index (χ2v) is 9.37. The van der Waals surface area contributed by atoms with E-state index in [-0.39, 0.29) is 11.8 Å². The van der Waals surface area contributed by atoms with Crippen LogP contribution >= 0.6 is 0 Å². The molecule has 32 heavy (non-hydrogen) atoms. The zero-order chi connectivity index (χ0) is 23.1. The fraction of sp³-hybridized carbons (Fsp3) is 0.321. The normalized spacial score (nSPS) is 11.5. The molecule has 0 radical (unpaired) electrons. The van der Waals surface area contributed by atoms with Gasteiger partial charge < -0.3 is 9.84 Å². The highest BCUT2D eigenvalue weighted by molar-refractivity contribution is 5.66. The molecule has 168 valence electrons. The van der Waals surface area contributed by atoms with E-state index >= 15 is 0 Å². The molecule has 0 unspecified atom stereocenters. The summed E-state index contributed by atoms with van der Waals surface area (Å²) in [5, 5.41) is 9.17. The average molecular weight is 432 g/mol. The maximum absolute atomic E-state index is 11.2. The summed E-state index contributed by atoms with van der Waals surface area (Å²) in [4.78, 5) is 13.3. The Bertz CT molecular complexity index is 1040. The Kier molecular flexibility index (Phi) is 7.70. The fourth-order valence-electron chi connectivity index (χ4n) is 3.66. The summed E-state index contributed by atoms with van der Waals surface area (Å²) in [6.07, 6.45) is 0.113. The molecule has 0 aliphatic rings. The summed E-state index contributed by atoms with van der Waals surface area (Å²) in [7, 11) is 0. The van der Waals surface area contributed by atoms with E-state index in [1.165, 1.54) is 16.7 Å². The quantitative estimate of drug-likeness (QED) is 0.417. The summed E-state index contributed by atoms with van der Waals surface area (Å²) in [5.41, 5.74) is 4.85. The van der Waals surface area contributed by atoms with Gasteiger partial charge >= 0.3 is 5.97 Å². The predicted octanol–water partition coefficient (Wildman–Crippen LogP) is 6.56. The number of benzene rings is 3. The standard InChI is InChI=1S/C28H33NO3/c1-21-7-5-8-22(17-21)19-29(16-15-27(30)31)20-23-9-6-10-26(18-23)32-25-13-11-24(12-14-25)28(2,3)4/h5-14,17-18H,15-16,19-20H2,1-4H3,(H,30,31). The molecule has 4 nitrogen and oxygen atoms in total. The summed E-state index contributed by atoms with van der Waals surface area (Å²) in [6.45, 7) is 10.5. The SMILES string of the molecule is Cc1cccc(CN(CCC(=O)O)Cc2cccc(Oc3ccc(C(C)(C)C)cc3)c2)c1. The van der Waals surface area contributed by atoms with Gasteiger partial charge in [0.1, 0.15) is 11.5 Å². The van der Waals surface area contributed by atoms with Gasteiger partial charge in [-0.3, -0.25) is 9.69 Å². The van der Waals surface area contributed by atoms with Crippen molar-refractivity contribution in [3.8, 4) is 11.5 Å². The number of rotatable bonds is 9. The number of hydrogen-bond donors (Lipinski definition) is 1. The van der Waals surface area contributed by atoms with Crippen LogP contribution in [0.1, 0.15) is 49.4 Å². The van der Waals surface area contributed by atoms with Gasteiger partial charge in [-0.15, -0.1) is 0 Å². The molecule has 0 aromatic heterocycles. The minimum Gasteiger partial charge on any atom is -0.481 e. The Morgan fingerprint density at radius 2 is 1.50 bits per heavy atom. The van der Waals surface area contributed by atoms with Crippen LogP contribution in [-0.2, 0) is 23.3 Å². The van der Waals surface area contributed by atoms with Crippen molar-refractivity contribution < 1.29 is 14.6 Å². The Hall–Kier alpha value is -3.11. The number of carboxylic acids is 1. The van der Waals surface area contributed by atoms with E-state index in [4.69, 9.17) is 9.84 Å². The van der Waals surface area contributed by atoms with E-state index in [9.17, 15) is 4.79 Å². The van der Waals surface area contributed by atoms with E-state index < -0.39 is 5.97 Å². The second kappa shape index (κ2) is 10.5. The van der Waals surface area contributed by atoms with E-state index in [0.717, 1.165) is 17.1 Å². The number of hydrogen-bond acceptors (Lipinski definition) is 3. The molecule has 0 atom stereocenters. The van der Waals surface area contributed by atoms with E-state index in [0.29, 0.717) is 19.6 Å². The monoisotopic (exact) mass is 431 g/mol. The molecular weight excluding hydrogens is 398 g/mol. The Morgan fingerprint density at radius 1 is 0.875 bits per heavy atom. The van der Waals surface area contributed by atoms with Crippen LogP contribution in [0.25, 0.3) is 0 Å². The maximum Gasteiger partial charge on any atom is 0.304 e. The lowest BCUT2D eigenvalue weighted by atomic mass is 9.87. The smallest absolute Gasteiger partial charge is 0.304 e. The van der Waals surface area contributed by atoms with Crippen molar-refractivity contribution in [1.29, 1.82) is 0 Å². The van der Waals surface area contributed by atoms with Gasteiger partial charge in [0.05, 0.1) is 6.42 Å². The molecule has 4 heteroatoms. The minimum absolute atomic E-state index is 0.106. The lowest BCUT2D eigenvalue weighted by Gasteiger charge is -2.22. The number of carbonyl (C=O) groups is 1. The van der Waals surface area contributed by atoms with Gasteiger partial charge in [-0.25, -0.2) is 0 Å². The molecule has 3 rings (SSSR count). The molecule has 0 spiro atoms. The van der Waals surface area contributed by atoms with E-state index in [2.05, 4.69) is 69.0 Å². The van der Waals surface area contributed by atoms with Crippen LogP contribution in [0.4, 0.5) is 0 Å². The Morgan fingerprint density at radius 3 is 2.09 bits per heavy atom. The molecule has 0 heterocycles. The van der Waals surface area contributed by atoms with Crippen LogP contribution in [-0.4, -0.2) is 22.5 Å². The molecule has 3 aromatic rings. The summed E-state index contributed by atoms with van der Waals surface area (Å²) >= 11 is 0. The van der Waals surface area contributed by atoms with E-state index in [1.54, 1.807) is 0 Å². The second-order valence-electron chi connectivity index (χ2n) is 9.37. The molecular formula is C28H33NO3. The molecule has 0 amide bonds. The van der Waals surface area contributed by atoms with Crippen molar-refractivity contribution in [3.63, 3.8) is 0 Å². The highest BCUT2D eigenvalue weighted by Gasteiger charge is 2.14. The molecule has 0 aliphatic carbocycles. The first-order valence-corrected chi connectivity index (χ1v) is 11.1. The predicted molar refractivity (Wildman–Crippen MR) is 129 cm³/mol. The number of nitrogens with zero attached hydrogens (tertiary/aromatic N) is 1. The molecule has 0 bridgehead atoms. The Balaban J connectivity index is 1.71. The first-order chi connectivity index (χ1) is 15.2. The molecule has 0 saturated heterocycles. The lowest BCUT2D eigenvalue weighted by molar-refractivity contribution is -0.137. The average Bonchev–Trinajstić information content (AvgIpc) is 2.72. The summed E-state index contributed by atoms with van der Waals surface area (Å²) < 4.78 is 6.09. The highest BCUT2D eigenvalue weighted by atomic mass is 16.5. The van der Waals surface area contributed by atoms with E-state index in [1.807, 2.05) is 36.4 Å². The molecule has 0 fully saturated rings. The maximum atomic E-state index is 11.2. The summed E-state index contributed by atoms with van der Waals surface area (Å²) in [6, 6.07) is 24.6. The third kappa shape index (κ3) is 7.24. The first-order valence-electron chi connectivity index (χ1n) is 11.1. The topological polar surface area (TPSA) is 49.8 Å². The molecule has 0 saturated carbocycles. The molecule has 0 aliphatic heterocycles. The van der Waals surface area contributed by atoms with Crippen molar-refractivity contribution in [3.05, 3.63) is 95.1 Å². The van der Waals surface area contributed by atoms with Gasteiger partial charge in [-0.2, -0.15) is 0 Å². The van der Waals surface area contributed by atoms with Crippen LogP contribution in [0.15, 0.2) is 72.8 Å². The summed E-state index contributed by atoms with van der Waals surface area (Å²) in [5.74, 6) is 0.799. The van der Waals surface area contributed by atoms with Gasteiger partial charge in [0, 0.05) is 19.6 Å². The van der Waals surface area contributed by atoms with Crippen molar-refractivity contribution in [2.24, 2.45) is 0 Å². The van der Waals surface area contributed by atoms with Crippen LogP contribution in [0.3, 0.4) is 0 Å². The number of aryl methyl sites for hydroxylation is 1. The van der Waals surface area contributed by atoms with Crippen LogP contribution in [0.2, 0.25) is 0 Å². The van der Waals surface area contributed by atoms with Crippen LogP contribution in [0, 0.1) is 6.92 Å². The zero-order valence-electron chi connectivity index (χ0n) is 19.5. The van der Waals surface area contributed by atoms with Crippen LogP contribution in [0.5, 0.6) is 11.5 Å². The van der Waals surface area contributed by atoms with Gasteiger partial charge in [0.25, 0.3) is 0 Å². The van der Waals surface area contributed by atoms with Crippen LogP contribution < -0.4 is 4.74 Å². The third-order valence-corrected chi connectivity index (χ3v) is 5.39. The fourth-order valence-corrected chi connectivity index (χ4v) is 3.66. The van der Waals surface area contributed by atoms with Crippen molar-refractivity contribution in [1.82, 2.24) is 4.90 Å². The lowest BCUT2D eigenvalue weighted by Crippen LogP contribution is -2.25. The van der Waals surface area contributed by atoms with Crippen molar-refractivity contribution in [2.75, 3.05) is 6.54 Å². The number of aliphatic carboxylic acids is 1. The number of carboxylic acid groups (broad SMARTS) is 1. The third-order valence-electron chi connectivity index (χ3n) is 5.39. The largest absolute Gasteiger partial charge is 0.481 e. The highest BCUT2D eigenvalue weighted by Crippen LogP contribution is 2.27. The molecule has 1 N–H and O–H groups in total. The number of ether oxygens (including phenoxy) is 1. The van der Waals surface area contributed by atoms with Gasteiger partial charge in [0.2, 0.25) is 0 Å². The zero-order valence-corrected chi connectivity index (χ0v) is 19.5. The molecule has 3 aromatic carbocycles. The van der Waals surface area contributed by atoms with Gasteiger partial charge in [0.15, 0.2) is 0 Å². The van der Waals surface area contributed by atoms with Crippen molar-refractivity contribution >= 4 is 5.97 Å². The van der Waals surface area contributed by atoms with Gasteiger partial charge in [-0.05, 0) is 53.3 Å². The first kappa shape index (κ1) is 23.6.